The fraction of sp³-hybridized carbons (Fsp3) is 0.0556. The van der Waals surface area contributed by atoms with E-state index in [4.69, 9.17) is 0 Å². The van der Waals surface area contributed by atoms with Crippen LogP contribution < -0.4 is 0 Å². The molecule has 2 aromatic carbocycles. The van der Waals surface area contributed by atoms with E-state index in [2.05, 4.69) is 70.3 Å². The molecule has 0 N–H and O–H groups in total. The molecule has 0 spiro atoms. The number of aryl methyl sites for hydroxylation is 1. The highest BCUT2D eigenvalue weighted by atomic mass is 79.9. The lowest BCUT2D eigenvalue weighted by Crippen LogP contribution is -1.89. The summed E-state index contributed by atoms with van der Waals surface area (Å²) in [6, 6.07) is 20.7. The Balaban J connectivity index is 2.04. The Kier molecular flexibility index (Phi) is 3.66. The molecule has 0 bridgehead atoms. The maximum atomic E-state index is 4.61. The summed E-state index contributed by atoms with van der Waals surface area (Å²) in [6.45, 7) is 2.13. The quantitative estimate of drug-likeness (QED) is 0.608. The second-order valence-electron chi connectivity index (χ2n) is 4.76. The van der Waals surface area contributed by atoms with Crippen molar-refractivity contribution < 1.29 is 0 Å². The summed E-state index contributed by atoms with van der Waals surface area (Å²) in [5.41, 5.74) is 5.76. The molecule has 1 nitrogen and oxygen atoms in total. The average molecular weight is 324 g/mol. The van der Waals surface area contributed by atoms with E-state index in [9.17, 15) is 0 Å². The van der Waals surface area contributed by atoms with Crippen LogP contribution in [0.5, 0.6) is 0 Å². The first-order valence-electron chi connectivity index (χ1n) is 6.52. The normalized spacial score (nSPS) is 10.5. The highest BCUT2D eigenvalue weighted by molar-refractivity contribution is 9.10. The first-order valence-corrected chi connectivity index (χ1v) is 7.31. The van der Waals surface area contributed by atoms with Gasteiger partial charge in [-0.05, 0) is 36.2 Å². The predicted octanol–water partition coefficient (Wildman–Crippen LogP) is 5.49. The maximum absolute atomic E-state index is 4.61. The number of hydrogen-bond acceptors (Lipinski definition) is 1. The molecule has 0 atom stereocenters. The van der Waals surface area contributed by atoms with E-state index in [-0.39, 0.29) is 0 Å². The Labute approximate surface area is 127 Å². The topological polar surface area (TPSA) is 12.9 Å². The molecule has 0 saturated carbocycles. The molecule has 1 heterocycles. The molecule has 98 valence electrons. The number of nitrogens with zero attached hydrogens (tertiary/aromatic N) is 1. The Morgan fingerprint density at radius 3 is 2.30 bits per heavy atom. The molecular formula is C18H14BrN. The van der Waals surface area contributed by atoms with Crippen LogP contribution in [0.15, 0.2) is 71.3 Å². The van der Waals surface area contributed by atoms with Gasteiger partial charge in [-0.25, -0.2) is 0 Å². The minimum absolute atomic E-state index is 1.00. The van der Waals surface area contributed by atoms with Gasteiger partial charge in [-0.15, -0.1) is 0 Å². The van der Waals surface area contributed by atoms with Crippen LogP contribution in [-0.4, -0.2) is 4.98 Å². The van der Waals surface area contributed by atoms with Gasteiger partial charge in [0, 0.05) is 21.8 Å². The molecule has 20 heavy (non-hydrogen) atoms. The summed E-state index contributed by atoms with van der Waals surface area (Å²) in [5.74, 6) is 0. The highest BCUT2D eigenvalue weighted by Crippen LogP contribution is 2.27. The van der Waals surface area contributed by atoms with Crippen LogP contribution in [0.1, 0.15) is 5.56 Å². The number of rotatable bonds is 2. The summed E-state index contributed by atoms with van der Waals surface area (Å²) < 4.78 is 1.07. The minimum atomic E-state index is 1.00. The van der Waals surface area contributed by atoms with E-state index in [1.54, 1.807) is 0 Å². The van der Waals surface area contributed by atoms with Crippen molar-refractivity contribution in [2.24, 2.45) is 0 Å². The summed E-state index contributed by atoms with van der Waals surface area (Å²) in [6.07, 6.45) is 1.96. The van der Waals surface area contributed by atoms with Crippen LogP contribution >= 0.6 is 15.9 Å². The van der Waals surface area contributed by atoms with Crippen molar-refractivity contribution in [1.82, 2.24) is 4.98 Å². The number of benzene rings is 2. The van der Waals surface area contributed by atoms with Crippen LogP contribution in [0.2, 0.25) is 0 Å². The van der Waals surface area contributed by atoms with Gasteiger partial charge in [0.25, 0.3) is 0 Å². The predicted molar refractivity (Wildman–Crippen MR) is 87.5 cm³/mol. The molecule has 0 unspecified atom stereocenters. The summed E-state index contributed by atoms with van der Waals surface area (Å²) in [4.78, 5) is 4.61. The Hall–Kier alpha value is -1.93. The summed E-state index contributed by atoms with van der Waals surface area (Å²) >= 11 is 3.50. The van der Waals surface area contributed by atoms with Crippen molar-refractivity contribution >= 4 is 15.9 Å². The Morgan fingerprint density at radius 2 is 1.60 bits per heavy atom. The van der Waals surface area contributed by atoms with E-state index in [0.29, 0.717) is 0 Å². The summed E-state index contributed by atoms with van der Waals surface area (Å²) in [7, 11) is 0. The Morgan fingerprint density at radius 1 is 0.850 bits per heavy atom. The van der Waals surface area contributed by atoms with Crippen LogP contribution in [0, 0.1) is 6.92 Å². The standard InChI is InChI=1S/C18H14BrN/c1-13-10-18(15-8-5-9-16(19)11-15)20-12-17(13)14-6-3-2-4-7-14/h2-12H,1H3. The van der Waals surface area contributed by atoms with Gasteiger partial charge < -0.3 is 0 Å². The molecule has 0 radical (unpaired) electrons. The van der Waals surface area contributed by atoms with Crippen LogP contribution in [0.4, 0.5) is 0 Å². The van der Waals surface area contributed by atoms with Gasteiger partial charge >= 0.3 is 0 Å². The fourth-order valence-electron chi connectivity index (χ4n) is 2.28. The molecule has 2 heteroatoms. The third kappa shape index (κ3) is 2.66. The monoisotopic (exact) mass is 323 g/mol. The first-order chi connectivity index (χ1) is 9.74. The lowest BCUT2D eigenvalue weighted by Gasteiger charge is -2.08. The van der Waals surface area contributed by atoms with E-state index in [0.717, 1.165) is 15.7 Å². The van der Waals surface area contributed by atoms with Crippen molar-refractivity contribution in [2.45, 2.75) is 6.92 Å². The van der Waals surface area contributed by atoms with E-state index >= 15 is 0 Å². The molecule has 0 aliphatic rings. The molecule has 3 rings (SSSR count). The minimum Gasteiger partial charge on any atom is -0.256 e. The molecule has 3 aromatic rings. The van der Waals surface area contributed by atoms with Gasteiger partial charge in [0.15, 0.2) is 0 Å². The molecule has 1 aromatic heterocycles. The van der Waals surface area contributed by atoms with Gasteiger partial charge in [-0.3, -0.25) is 4.98 Å². The molecule has 0 aliphatic carbocycles. The van der Waals surface area contributed by atoms with E-state index in [1.165, 1.54) is 16.7 Å². The van der Waals surface area contributed by atoms with Crippen LogP contribution in [-0.2, 0) is 0 Å². The van der Waals surface area contributed by atoms with Crippen molar-refractivity contribution in [3.8, 4) is 22.4 Å². The lowest BCUT2D eigenvalue weighted by atomic mass is 10.0. The van der Waals surface area contributed by atoms with Crippen LogP contribution in [0.25, 0.3) is 22.4 Å². The molecular weight excluding hydrogens is 310 g/mol. The Bertz CT molecular complexity index is 735. The second kappa shape index (κ2) is 5.59. The maximum Gasteiger partial charge on any atom is 0.0705 e. The molecule has 0 aliphatic heterocycles. The highest BCUT2D eigenvalue weighted by Gasteiger charge is 2.05. The van der Waals surface area contributed by atoms with Crippen molar-refractivity contribution in [3.63, 3.8) is 0 Å². The number of halogens is 1. The van der Waals surface area contributed by atoms with Crippen LogP contribution in [0.3, 0.4) is 0 Å². The van der Waals surface area contributed by atoms with Gasteiger partial charge in [-0.1, -0.05) is 58.4 Å². The fourth-order valence-corrected chi connectivity index (χ4v) is 2.68. The smallest absolute Gasteiger partial charge is 0.0705 e. The van der Waals surface area contributed by atoms with Gasteiger partial charge in [0.1, 0.15) is 0 Å². The number of pyridine rings is 1. The molecule has 0 saturated heterocycles. The SMILES string of the molecule is Cc1cc(-c2cccc(Br)c2)ncc1-c1ccccc1. The van der Waals surface area contributed by atoms with Gasteiger partial charge in [0.2, 0.25) is 0 Å². The van der Waals surface area contributed by atoms with Crippen molar-refractivity contribution in [2.75, 3.05) is 0 Å². The number of aromatic nitrogens is 1. The average Bonchev–Trinajstić information content (AvgIpc) is 2.48. The number of hydrogen-bond donors (Lipinski definition) is 0. The van der Waals surface area contributed by atoms with Gasteiger partial charge in [0.05, 0.1) is 5.69 Å². The zero-order chi connectivity index (χ0) is 13.9. The largest absolute Gasteiger partial charge is 0.256 e. The third-order valence-corrected chi connectivity index (χ3v) is 3.81. The van der Waals surface area contributed by atoms with Crippen molar-refractivity contribution in [3.05, 3.63) is 76.9 Å². The van der Waals surface area contributed by atoms with Crippen molar-refractivity contribution in [1.29, 1.82) is 0 Å². The molecule has 0 amide bonds. The first kappa shape index (κ1) is 13.1. The summed E-state index contributed by atoms with van der Waals surface area (Å²) in [5, 5.41) is 0. The van der Waals surface area contributed by atoms with E-state index in [1.807, 2.05) is 24.4 Å². The third-order valence-electron chi connectivity index (χ3n) is 3.32. The zero-order valence-corrected chi connectivity index (χ0v) is 12.8. The molecule has 0 fully saturated rings. The zero-order valence-electron chi connectivity index (χ0n) is 11.2. The second-order valence-corrected chi connectivity index (χ2v) is 5.68. The lowest BCUT2D eigenvalue weighted by molar-refractivity contribution is 1.28. The van der Waals surface area contributed by atoms with Gasteiger partial charge in [-0.2, -0.15) is 0 Å². The van der Waals surface area contributed by atoms with E-state index < -0.39 is 0 Å².